The molecular weight excluding hydrogens is 322 g/mol. The van der Waals surface area contributed by atoms with Crippen molar-refractivity contribution in [3.05, 3.63) is 35.7 Å². The number of benzene rings is 1. The number of anilines is 1. The number of carbonyl (C=O) groups excluding carboxylic acids is 1. The van der Waals surface area contributed by atoms with E-state index in [-0.39, 0.29) is 5.91 Å². The van der Waals surface area contributed by atoms with Crippen LogP contribution in [0.2, 0.25) is 0 Å². The van der Waals surface area contributed by atoms with E-state index in [1.54, 1.807) is 0 Å². The van der Waals surface area contributed by atoms with Crippen molar-refractivity contribution >= 4 is 23.4 Å². The van der Waals surface area contributed by atoms with Crippen LogP contribution >= 0.6 is 11.8 Å². The van der Waals surface area contributed by atoms with Gasteiger partial charge < -0.3 is 10.7 Å². The SMILES string of the molecule is CCCCc1nnc(SCC(=O)N2CCCc3ccccc32)n1N. The minimum absolute atomic E-state index is 0.0882. The molecule has 0 fully saturated rings. The number of nitrogen functional groups attached to an aromatic ring is 1. The molecule has 128 valence electrons. The third-order valence-electron chi connectivity index (χ3n) is 4.23. The molecule has 3 rings (SSSR count). The molecule has 7 heteroatoms. The van der Waals surface area contributed by atoms with E-state index in [0.717, 1.165) is 50.2 Å². The van der Waals surface area contributed by atoms with E-state index in [9.17, 15) is 4.79 Å². The second-order valence-electron chi connectivity index (χ2n) is 5.94. The van der Waals surface area contributed by atoms with Crippen LogP contribution in [0.3, 0.4) is 0 Å². The molecule has 6 nitrogen and oxygen atoms in total. The monoisotopic (exact) mass is 345 g/mol. The maximum Gasteiger partial charge on any atom is 0.237 e. The maximum atomic E-state index is 12.6. The van der Waals surface area contributed by atoms with Crippen LogP contribution < -0.4 is 10.7 Å². The summed E-state index contributed by atoms with van der Waals surface area (Å²) in [6.07, 6.45) is 4.96. The zero-order chi connectivity index (χ0) is 16.9. The first kappa shape index (κ1) is 16.8. The van der Waals surface area contributed by atoms with Crippen LogP contribution in [-0.2, 0) is 17.6 Å². The highest BCUT2D eigenvalue weighted by Gasteiger charge is 2.22. The highest BCUT2D eigenvalue weighted by Crippen LogP contribution is 2.27. The Morgan fingerprint density at radius 1 is 1.33 bits per heavy atom. The molecule has 0 saturated carbocycles. The maximum absolute atomic E-state index is 12.6. The summed E-state index contributed by atoms with van der Waals surface area (Å²) in [6, 6.07) is 8.12. The number of fused-ring (bicyclic) bond motifs is 1. The van der Waals surface area contributed by atoms with Crippen LogP contribution in [0.25, 0.3) is 0 Å². The number of unbranched alkanes of at least 4 members (excludes halogenated alkanes) is 1. The van der Waals surface area contributed by atoms with Crippen molar-refractivity contribution in [2.24, 2.45) is 0 Å². The van der Waals surface area contributed by atoms with E-state index in [1.165, 1.54) is 22.0 Å². The number of aryl methyl sites for hydroxylation is 2. The van der Waals surface area contributed by atoms with Crippen molar-refractivity contribution in [1.82, 2.24) is 14.9 Å². The molecule has 2 aromatic rings. The first-order valence-electron chi connectivity index (χ1n) is 8.41. The number of hydrogen-bond donors (Lipinski definition) is 1. The average Bonchev–Trinajstić information content (AvgIpc) is 2.97. The minimum atomic E-state index is 0.0882. The molecule has 0 bridgehead atoms. The number of para-hydroxylation sites is 1. The Balaban J connectivity index is 1.63. The lowest BCUT2D eigenvalue weighted by Gasteiger charge is -2.29. The molecule has 1 aromatic carbocycles. The lowest BCUT2D eigenvalue weighted by Crippen LogP contribution is -2.36. The summed E-state index contributed by atoms with van der Waals surface area (Å²) < 4.78 is 1.51. The quantitative estimate of drug-likeness (QED) is 0.642. The van der Waals surface area contributed by atoms with E-state index >= 15 is 0 Å². The predicted molar refractivity (Wildman–Crippen MR) is 96.6 cm³/mol. The van der Waals surface area contributed by atoms with Crippen molar-refractivity contribution in [1.29, 1.82) is 0 Å². The summed E-state index contributed by atoms with van der Waals surface area (Å²) in [4.78, 5) is 14.5. The standard InChI is InChI=1S/C17H23N5OS/c1-2-3-10-15-19-20-17(22(15)18)24-12-16(23)21-11-6-8-13-7-4-5-9-14(13)21/h4-5,7,9H,2-3,6,8,10-12,18H2,1H3. The fourth-order valence-corrected chi connectivity index (χ4v) is 3.66. The van der Waals surface area contributed by atoms with E-state index in [1.807, 2.05) is 23.1 Å². The molecule has 1 aliphatic rings. The molecule has 1 aliphatic heterocycles. The molecule has 2 N–H and O–H groups in total. The van der Waals surface area contributed by atoms with Crippen LogP contribution in [0.15, 0.2) is 29.4 Å². The van der Waals surface area contributed by atoms with Crippen LogP contribution in [0, 0.1) is 0 Å². The molecule has 2 heterocycles. The third-order valence-corrected chi connectivity index (χ3v) is 5.15. The Bertz CT molecular complexity index is 715. The summed E-state index contributed by atoms with van der Waals surface area (Å²) in [5.74, 6) is 7.21. The topological polar surface area (TPSA) is 77.0 Å². The largest absolute Gasteiger partial charge is 0.336 e. The van der Waals surface area contributed by atoms with Crippen LogP contribution in [-0.4, -0.2) is 33.1 Å². The second-order valence-corrected chi connectivity index (χ2v) is 6.88. The molecular formula is C17H23N5OS. The molecule has 1 amide bonds. The van der Waals surface area contributed by atoms with E-state index in [0.29, 0.717) is 10.9 Å². The molecule has 0 radical (unpaired) electrons. The number of hydrogen-bond acceptors (Lipinski definition) is 5. The molecule has 0 saturated heterocycles. The van der Waals surface area contributed by atoms with Crippen LogP contribution in [0.4, 0.5) is 5.69 Å². The number of aromatic nitrogens is 3. The van der Waals surface area contributed by atoms with E-state index in [4.69, 9.17) is 5.84 Å². The second kappa shape index (κ2) is 7.70. The Morgan fingerprint density at radius 3 is 3.00 bits per heavy atom. The van der Waals surface area contributed by atoms with Crippen molar-refractivity contribution in [2.45, 2.75) is 44.2 Å². The van der Waals surface area contributed by atoms with Gasteiger partial charge in [0, 0.05) is 18.7 Å². The number of nitrogens with zero attached hydrogens (tertiary/aromatic N) is 4. The normalized spacial score (nSPS) is 13.8. The first-order chi connectivity index (χ1) is 11.7. The first-order valence-corrected chi connectivity index (χ1v) is 9.39. The Kier molecular flexibility index (Phi) is 5.40. The summed E-state index contributed by atoms with van der Waals surface area (Å²) in [7, 11) is 0. The van der Waals surface area contributed by atoms with Gasteiger partial charge in [0.05, 0.1) is 5.75 Å². The van der Waals surface area contributed by atoms with Gasteiger partial charge in [-0.25, -0.2) is 4.68 Å². The summed E-state index contributed by atoms with van der Waals surface area (Å²) in [6.45, 7) is 2.90. The zero-order valence-corrected chi connectivity index (χ0v) is 14.8. The summed E-state index contributed by atoms with van der Waals surface area (Å²) in [5, 5.41) is 8.83. The minimum Gasteiger partial charge on any atom is -0.336 e. The predicted octanol–water partition coefficient (Wildman–Crippen LogP) is 2.41. The Hall–Kier alpha value is -2.02. The molecule has 0 atom stereocenters. The summed E-state index contributed by atoms with van der Waals surface area (Å²) in [5.41, 5.74) is 2.28. The molecule has 0 aliphatic carbocycles. The van der Waals surface area contributed by atoms with Gasteiger partial charge in [0.25, 0.3) is 0 Å². The number of nitrogens with two attached hydrogens (primary N) is 1. The fraction of sp³-hybridized carbons (Fsp3) is 0.471. The average molecular weight is 345 g/mol. The Labute approximate surface area is 146 Å². The van der Waals surface area contributed by atoms with Crippen molar-refractivity contribution in [3.8, 4) is 0 Å². The highest BCUT2D eigenvalue weighted by atomic mass is 32.2. The van der Waals surface area contributed by atoms with Gasteiger partial charge in [0.1, 0.15) is 0 Å². The fourth-order valence-electron chi connectivity index (χ4n) is 2.91. The van der Waals surface area contributed by atoms with E-state index in [2.05, 4.69) is 23.2 Å². The lowest BCUT2D eigenvalue weighted by atomic mass is 10.0. The van der Waals surface area contributed by atoms with E-state index < -0.39 is 0 Å². The summed E-state index contributed by atoms with van der Waals surface area (Å²) >= 11 is 1.35. The van der Waals surface area contributed by atoms with Gasteiger partial charge in [0.15, 0.2) is 5.82 Å². The van der Waals surface area contributed by atoms with Crippen molar-refractivity contribution in [3.63, 3.8) is 0 Å². The third kappa shape index (κ3) is 3.56. The van der Waals surface area contributed by atoms with Crippen molar-refractivity contribution in [2.75, 3.05) is 23.0 Å². The number of amides is 1. The number of thioether (sulfide) groups is 1. The Morgan fingerprint density at radius 2 is 2.17 bits per heavy atom. The van der Waals surface area contributed by atoms with Gasteiger partial charge in [-0.1, -0.05) is 43.3 Å². The van der Waals surface area contributed by atoms with Crippen LogP contribution in [0.1, 0.15) is 37.6 Å². The number of carbonyl (C=O) groups is 1. The van der Waals surface area contributed by atoms with Gasteiger partial charge in [0.2, 0.25) is 11.1 Å². The van der Waals surface area contributed by atoms with Gasteiger partial charge >= 0.3 is 0 Å². The highest BCUT2D eigenvalue weighted by molar-refractivity contribution is 7.99. The molecule has 0 spiro atoms. The number of rotatable bonds is 6. The van der Waals surface area contributed by atoms with Gasteiger partial charge in [-0.15, -0.1) is 10.2 Å². The van der Waals surface area contributed by atoms with Gasteiger partial charge in [-0.3, -0.25) is 4.79 Å². The smallest absolute Gasteiger partial charge is 0.237 e. The lowest BCUT2D eigenvalue weighted by molar-refractivity contribution is -0.116. The van der Waals surface area contributed by atoms with Gasteiger partial charge in [-0.05, 0) is 30.9 Å². The molecule has 24 heavy (non-hydrogen) atoms. The molecule has 0 unspecified atom stereocenters. The van der Waals surface area contributed by atoms with Crippen LogP contribution in [0.5, 0.6) is 0 Å². The molecule has 1 aromatic heterocycles. The van der Waals surface area contributed by atoms with Gasteiger partial charge in [-0.2, -0.15) is 0 Å². The zero-order valence-electron chi connectivity index (χ0n) is 13.9. The van der Waals surface area contributed by atoms with Crippen molar-refractivity contribution < 1.29 is 4.79 Å².